The Morgan fingerprint density at radius 2 is 1.78 bits per heavy atom. The highest BCUT2D eigenvalue weighted by Crippen LogP contribution is 2.26. The van der Waals surface area contributed by atoms with Crippen LogP contribution in [-0.2, 0) is 6.42 Å². The lowest BCUT2D eigenvalue weighted by Crippen LogP contribution is -2.39. The number of nitrogens with one attached hydrogen (secondary N) is 1. The predicted octanol–water partition coefficient (Wildman–Crippen LogP) is 4.86. The molecule has 1 aliphatic rings. The number of benzene rings is 1. The molecule has 5 heteroatoms. The van der Waals surface area contributed by atoms with Gasteiger partial charge in [0.15, 0.2) is 0 Å². The maximum atomic E-state index is 12.1. The topological polar surface area (TPSA) is 15.3 Å². The molecule has 0 saturated heterocycles. The third-order valence-electron chi connectivity index (χ3n) is 4.62. The fraction of sp³-hybridized carbons (Fsp3) is 0.667. The zero-order valence-corrected chi connectivity index (χ0v) is 14.0. The molecule has 2 rings (SSSR count). The lowest BCUT2D eigenvalue weighted by Gasteiger charge is -2.27. The van der Waals surface area contributed by atoms with Gasteiger partial charge >= 0.3 is 6.18 Å². The van der Waals surface area contributed by atoms with Crippen molar-refractivity contribution in [1.82, 2.24) is 4.90 Å². The average Bonchev–Trinajstić information content (AvgIpc) is 2.93. The van der Waals surface area contributed by atoms with E-state index in [1.165, 1.54) is 19.3 Å². The maximum Gasteiger partial charge on any atom is 0.389 e. The summed E-state index contributed by atoms with van der Waals surface area (Å²) in [6, 6.07) is 9.18. The Labute approximate surface area is 137 Å². The molecule has 1 N–H and O–H groups in total. The number of alkyl halides is 3. The average molecular weight is 328 g/mol. The number of halogens is 3. The van der Waals surface area contributed by atoms with Gasteiger partial charge in [0.2, 0.25) is 0 Å². The van der Waals surface area contributed by atoms with Crippen molar-refractivity contribution in [3.05, 3.63) is 29.8 Å². The van der Waals surface area contributed by atoms with Crippen LogP contribution in [-0.4, -0.2) is 37.3 Å². The van der Waals surface area contributed by atoms with Gasteiger partial charge in [-0.2, -0.15) is 13.2 Å². The molecule has 0 spiro atoms. The molecule has 1 saturated carbocycles. The van der Waals surface area contributed by atoms with E-state index in [0.717, 1.165) is 11.3 Å². The van der Waals surface area contributed by atoms with Crippen LogP contribution in [0.5, 0.6) is 0 Å². The summed E-state index contributed by atoms with van der Waals surface area (Å²) in [5.41, 5.74) is 2.20. The lowest BCUT2D eigenvalue weighted by molar-refractivity contribution is -0.135. The van der Waals surface area contributed by atoms with Crippen molar-refractivity contribution in [3.63, 3.8) is 0 Å². The van der Waals surface area contributed by atoms with E-state index in [4.69, 9.17) is 0 Å². The molecule has 130 valence electrons. The molecule has 2 atom stereocenters. The second kappa shape index (κ2) is 8.04. The highest BCUT2D eigenvalue weighted by molar-refractivity contribution is 5.46. The molecule has 0 heterocycles. The van der Waals surface area contributed by atoms with Crippen LogP contribution in [0, 0.1) is 0 Å². The van der Waals surface area contributed by atoms with Crippen molar-refractivity contribution in [2.24, 2.45) is 0 Å². The fourth-order valence-corrected chi connectivity index (χ4v) is 3.36. The van der Waals surface area contributed by atoms with Crippen LogP contribution in [0.15, 0.2) is 24.3 Å². The molecule has 0 radical (unpaired) electrons. The Bertz CT molecular complexity index is 468. The number of hydrogen-bond acceptors (Lipinski definition) is 2. The summed E-state index contributed by atoms with van der Waals surface area (Å²) in [4.78, 5) is 2.28. The van der Waals surface area contributed by atoms with Gasteiger partial charge in [0.05, 0.1) is 0 Å². The monoisotopic (exact) mass is 328 g/mol. The summed E-state index contributed by atoms with van der Waals surface area (Å²) in [5.74, 6) is 0. The molecule has 0 bridgehead atoms. The van der Waals surface area contributed by atoms with E-state index in [1.54, 1.807) is 0 Å². The molecule has 0 aromatic heterocycles. The van der Waals surface area contributed by atoms with E-state index in [9.17, 15) is 13.2 Å². The Morgan fingerprint density at radius 3 is 2.39 bits per heavy atom. The van der Waals surface area contributed by atoms with Gasteiger partial charge < -0.3 is 10.2 Å². The van der Waals surface area contributed by atoms with Crippen molar-refractivity contribution in [2.45, 2.75) is 63.2 Å². The molecule has 2 unspecified atom stereocenters. The maximum absolute atomic E-state index is 12.1. The second-order valence-corrected chi connectivity index (χ2v) is 6.73. The Kier molecular flexibility index (Phi) is 6.33. The summed E-state index contributed by atoms with van der Waals surface area (Å²) >= 11 is 0. The van der Waals surface area contributed by atoms with Crippen LogP contribution in [0.2, 0.25) is 0 Å². The van der Waals surface area contributed by atoms with Gasteiger partial charge in [0.1, 0.15) is 0 Å². The molecule has 1 fully saturated rings. The number of rotatable bonds is 7. The Hall–Kier alpha value is -1.23. The minimum Gasteiger partial charge on any atom is -0.381 e. The van der Waals surface area contributed by atoms with Crippen LogP contribution in [0.25, 0.3) is 0 Å². The van der Waals surface area contributed by atoms with Gasteiger partial charge in [-0.05, 0) is 70.3 Å². The van der Waals surface area contributed by atoms with E-state index in [1.807, 2.05) is 24.3 Å². The quantitative estimate of drug-likeness (QED) is 0.719. The summed E-state index contributed by atoms with van der Waals surface area (Å²) in [6.07, 6.45) is 0.438. The third-order valence-corrected chi connectivity index (χ3v) is 4.62. The number of unbranched alkanes of at least 4 members (excludes halogenated alkanes) is 1. The number of aryl methyl sites for hydroxylation is 1. The Balaban J connectivity index is 1.78. The zero-order chi connectivity index (χ0) is 16.9. The number of anilines is 1. The van der Waals surface area contributed by atoms with Gasteiger partial charge in [-0.25, -0.2) is 0 Å². The zero-order valence-electron chi connectivity index (χ0n) is 14.0. The van der Waals surface area contributed by atoms with Gasteiger partial charge in [0.25, 0.3) is 0 Å². The molecule has 0 amide bonds. The summed E-state index contributed by atoms with van der Waals surface area (Å²) < 4.78 is 36.3. The minimum atomic E-state index is -4.03. The molecule has 23 heavy (non-hydrogen) atoms. The van der Waals surface area contributed by atoms with Crippen molar-refractivity contribution in [1.29, 1.82) is 0 Å². The lowest BCUT2D eigenvalue weighted by atomic mass is 10.1. The van der Waals surface area contributed by atoms with Crippen molar-refractivity contribution in [2.75, 3.05) is 19.4 Å². The Morgan fingerprint density at radius 1 is 1.09 bits per heavy atom. The predicted molar refractivity (Wildman–Crippen MR) is 88.8 cm³/mol. The van der Waals surface area contributed by atoms with Crippen molar-refractivity contribution >= 4 is 5.69 Å². The third kappa shape index (κ3) is 6.05. The highest BCUT2D eigenvalue weighted by atomic mass is 19.4. The van der Waals surface area contributed by atoms with Crippen molar-refractivity contribution in [3.8, 4) is 0 Å². The summed E-state index contributed by atoms with van der Waals surface area (Å²) in [5, 5.41) is 3.60. The summed E-state index contributed by atoms with van der Waals surface area (Å²) in [6.45, 7) is 0. The van der Waals surface area contributed by atoms with Gasteiger partial charge in [-0.3, -0.25) is 0 Å². The molecular formula is C18H27F3N2. The van der Waals surface area contributed by atoms with Crippen molar-refractivity contribution < 1.29 is 13.2 Å². The largest absolute Gasteiger partial charge is 0.389 e. The minimum absolute atomic E-state index is 0.204. The van der Waals surface area contributed by atoms with E-state index in [2.05, 4.69) is 24.3 Å². The molecular weight excluding hydrogens is 301 g/mol. The SMILES string of the molecule is CN(C)C1CCCC1Nc1ccc(CCCCC(F)(F)F)cc1. The van der Waals surface area contributed by atoms with Crippen LogP contribution in [0.1, 0.15) is 44.1 Å². The molecule has 0 aliphatic heterocycles. The van der Waals surface area contributed by atoms with E-state index in [0.29, 0.717) is 24.9 Å². The molecule has 2 nitrogen and oxygen atoms in total. The van der Waals surface area contributed by atoms with E-state index < -0.39 is 12.6 Å². The van der Waals surface area contributed by atoms with E-state index >= 15 is 0 Å². The first-order chi connectivity index (χ1) is 10.8. The normalized spacial score (nSPS) is 21.8. The summed E-state index contributed by atoms with van der Waals surface area (Å²) in [7, 11) is 4.24. The highest BCUT2D eigenvalue weighted by Gasteiger charge is 2.28. The second-order valence-electron chi connectivity index (χ2n) is 6.73. The number of likely N-dealkylation sites (N-methyl/N-ethyl adjacent to an activating group) is 1. The molecule has 1 aromatic carbocycles. The van der Waals surface area contributed by atoms with E-state index in [-0.39, 0.29) is 6.42 Å². The first-order valence-electron chi connectivity index (χ1n) is 8.44. The van der Waals surface area contributed by atoms with Gasteiger partial charge in [-0.15, -0.1) is 0 Å². The standard InChI is InChI=1S/C18H27F3N2/c1-23(2)17-8-5-7-16(17)22-15-11-9-14(10-12-15)6-3-4-13-18(19,20)21/h9-12,16-17,22H,3-8,13H2,1-2H3. The van der Waals surface area contributed by atoms with Crippen LogP contribution >= 0.6 is 0 Å². The molecule has 1 aliphatic carbocycles. The smallest absolute Gasteiger partial charge is 0.381 e. The van der Waals surface area contributed by atoms with Crippen LogP contribution in [0.4, 0.5) is 18.9 Å². The molecule has 1 aromatic rings. The van der Waals surface area contributed by atoms with Gasteiger partial charge in [0, 0.05) is 24.2 Å². The first kappa shape index (κ1) is 18.1. The van der Waals surface area contributed by atoms with Gasteiger partial charge in [-0.1, -0.05) is 12.1 Å². The van der Waals surface area contributed by atoms with Crippen LogP contribution < -0.4 is 5.32 Å². The number of nitrogens with zero attached hydrogens (tertiary/aromatic N) is 1. The number of hydrogen-bond donors (Lipinski definition) is 1. The first-order valence-corrected chi connectivity index (χ1v) is 8.44. The van der Waals surface area contributed by atoms with Crippen LogP contribution in [0.3, 0.4) is 0 Å². The fourth-order valence-electron chi connectivity index (χ4n) is 3.36.